The Hall–Kier alpha value is -1.80. The van der Waals surface area contributed by atoms with Gasteiger partial charge in [0.15, 0.2) is 0 Å². The van der Waals surface area contributed by atoms with Gasteiger partial charge in [-0.3, -0.25) is 0 Å². The fourth-order valence-electron chi connectivity index (χ4n) is 2.88. The maximum absolute atomic E-state index is 3.48. The number of nitrogens with zero attached hydrogens (tertiary/aromatic N) is 1. The quantitative estimate of drug-likeness (QED) is 0.894. The van der Waals surface area contributed by atoms with Gasteiger partial charge in [0.25, 0.3) is 0 Å². The highest BCUT2D eigenvalue weighted by Crippen LogP contribution is 2.30. The predicted octanol–water partition coefficient (Wildman–Crippen LogP) is 3.54. The SMILES string of the molecule is c1ccc(-c2ccccc2N2CCCNCCC2)cc1. The average molecular weight is 266 g/mol. The van der Waals surface area contributed by atoms with Gasteiger partial charge < -0.3 is 10.2 Å². The second-order valence-electron chi connectivity index (χ2n) is 5.33. The molecule has 2 aromatic rings. The number of hydrogen-bond donors (Lipinski definition) is 1. The molecule has 0 saturated carbocycles. The van der Waals surface area contributed by atoms with Crippen molar-refractivity contribution in [2.24, 2.45) is 0 Å². The molecule has 0 atom stereocenters. The molecule has 1 heterocycles. The summed E-state index contributed by atoms with van der Waals surface area (Å²) in [4.78, 5) is 2.54. The van der Waals surface area contributed by atoms with Gasteiger partial charge in [0.1, 0.15) is 0 Å². The lowest BCUT2D eigenvalue weighted by molar-refractivity contribution is 0.568. The molecule has 2 heteroatoms. The number of anilines is 1. The van der Waals surface area contributed by atoms with E-state index in [0.29, 0.717) is 0 Å². The van der Waals surface area contributed by atoms with E-state index in [4.69, 9.17) is 0 Å². The molecule has 3 rings (SSSR count). The van der Waals surface area contributed by atoms with E-state index in [9.17, 15) is 0 Å². The van der Waals surface area contributed by atoms with Crippen LogP contribution in [0.3, 0.4) is 0 Å². The summed E-state index contributed by atoms with van der Waals surface area (Å²) in [5, 5.41) is 3.48. The highest BCUT2D eigenvalue weighted by atomic mass is 15.1. The Morgan fingerprint density at radius 2 is 1.40 bits per heavy atom. The summed E-state index contributed by atoms with van der Waals surface area (Å²) < 4.78 is 0. The van der Waals surface area contributed by atoms with Crippen LogP contribution in [0.15, 0.2) is 54.6 Å². The number of para-hydroxylation sites is 1. The number of nitrogens with one attached hydrogen (secondary N) is 1. The summed E-state index contributed by atoms with van der Waals surface area (Å²) in [5.41, 5.74) is 4.03. The normalized spacial score (nSPS) is 16.5. The molecule has 0 unspecified atom stereocenters. The Bertz CT molecular complexity index is 528. The average Bonchev–Trinajstić information content (AvgIpc) is 2.48. The first-order valence-corrected chi connectivity index (χ1v) is 7.55. The highest BCUT2D eigenvalue weighted by molar-refractivity contribution is 5.78. The first kappa shape index (κ1) is 13.2. The molecule has 0 aromatic heterocycles. The monoisotopic (exact) mass is 266 g/mol. The Labute approximate surface area is 121 Å². The van der Waals surface area contributed by atoms with E-state index in [1.165, 1.54) is 29.7 Å². The van der Waals surface area contributed by atoms with Gasteiger partial charge in [-0.1, -0.05) is 48.5 Å². The van der Waals surface area contributed by atoms with Crippen LogP contribution < -0.4 is 10.2 Å². The molecular weight excluding hydrogens is 244 g/mol. The first-order valence-electron chi connectivity index (χ1n) is 7.55. The second-order valence-corrected chi connectivity index (χ2v) is 5.33. The zero-order valence-electron chi connectivity index (χ0n) is 11.9. The molecule has 0 amide bonds. The second kappa shape index (κ2) is 6.58. The minimum absolute atomic E-state index is 1.13. The molecule has 0 aliphatic carbocycles. The van der Waals surface area contributed by atoms with E-state index < -0.39 is 0 Å². The van der Waals surface area contributed by atoms with E-state index >= 15 is 0 Å². The maximum atomic E-state index is 3.48. The first-order chi connectivity index (χ1) is 9.95. The minimum atomic E-state index is 1.13. The van der Waals surface area contributed by atoms with Crippen LogP contribution >= 0.6 is 0 Å². The zero-order chi connectivity index (χ0) is 13.6. The Morgan fingerprint density at radius 3 is 2.15 bits per heavy atom. The summed E-state index contributed by atoms with van der Waals surface area (Å²) >= 11 is 0. The smallest absolute Gasteiger partial charge is 0.0445 e. The molecular formula is C18H22N2. The summed E-state index contributed by atoms with van der Waals surface area (Å²) in [6, 6.07) is 19.5. The Morgan fingerprint density at radius 1 is 0.750 bits per heavy atom. The number of rotatable bonds is 2. The largest absolute Gasteiger partial charge is 0.371 e. The van der Waals surface area contributed by atoms with E-state index in [2.05, 4.69) is 64.8 Å². The highest BCUT2D eigenvalue weighted by Gasteiger charge is 2.13. The predicted molar refractivity (Wildman–Crippen MR) is 86.2 cm³/mol. The van der Waals surface area contributed by atoms with Crippen LogP contribution in [0.4, 0.5) is 5.69 Å². The molecule has 104 valence electrons. The maximum Gasteiger partial charge on any atom is 0.0445 e. The number of benzene rings is 2. The third-order valence-corrected chi connectivity index (χ3v) is 3.89. The van der Waals surface area contributed by atoms with Crippen LogP contribution in [0, 0.1) is 0 Å². The van der Waals surface area contributed by atoms with Gasteiger partial charge in [-0.05, 0) is 37.6 Å². The van der Waals surface area contributed by atoms with E-state index in [0.717, 1.165) is 26.2 Å². The Balaban J connectivity index is 1.92. The molecule has 0 bridgehead atoms. The van der Waals surface area contributed by atoms with Crippen molar-refractivity contribution in [2.75, 3.05) is 31.1 Å². The van der Waals surface area contributed by atoms with Crippen molar-refractivity contribution in [1.29, 1.82) is 0 Å². The van der Waals surface area contributed by atoms with Crippen LogP contribution in [0.2, 0.25) is 0 Å². The molecule has 1 fully saturated rings. The van der Waals surface area contributed by atoms with Crippen molar-refractivity contribution in [3.05, 3.63) is 54.6 Å². The van der Waals surface area contributed by atoms with Crippen LogP contribution in [0.25, 0.3) is 11.1 Å². The third kappa shape index (κ3) is 3.02. The van der Waals surface area contributed by atoms with Crippen LogP contribution in [0.5, 0.6) is 0 Å². The lowest BCUT2D eigenvalue weighted by Gasteiger charge is -2.29. The van der Waals surface area contributed by atoms with E-state index in [1.54, 1.807) is 0 Å². The van der Waals surface area contributed by atoms with Gasteiger partial charge >= 0.3 is 0 Å². The van der Waals surface area contributed by atoms with Gasteiger partial charge in [-0.25, -0.2) is 0 Å². The lowest BCUT2D eigenvalue weighted by atomic mass is 10.0. The summed E-state index contributed by atoms with van der Waals surface area (Å²) in [7, 11) is 0. The number of hydrogen-bond acceptors (Lipinski definition) is 2. The van der Waals surface area contributed by atoms with Crippen LogP contribution in [-0.4, -0.2) is 26.2 Å². The molecule has 0 radical (unpaired) electrons. The van der Waals surface area contributed by atoms with E-state index in [1.807, 2.05) is 0 Å². The summed E-state index contributed by atoms with van der Waals surface area (Å²) in [6.45, 7) is 4.53. The standard InChI is InChI=1S/C18H22N2/c1-2-8-16(9-3-1)17-10-4-5-11-18(17)20-14-6-12-19-13-7-15-20/h1-5,8-11,19H,6-7,12-15H2. The fraction of sp³-hybridized carbons (Fsp3) is 0.333. The Kier molecular flexibility index (Phi) is 4.34. The minimum Gasteiger partial charge on any atom is -0.371 e. The molecule has 1 saturated heterocycles. The van der Waals surface area contributed by atoms with Gasteiger partial charge in [-0.2, -0.15) is 0 Å². The van der Waals surface area contributed by atoms with Crippen molar-refractivity contribution in [3.63, 3.8) is 0 Å². The van der Waals surface area contributed by atoms with E-state index in [-0.39, 0.29) is 0 Å². The van der Waals surface area contributed by atoms with Crippen molar-refractivity contribution >= 4 is 5.69 Å². The molecule has 1 aliphatic heterocycles. The molecule has 20 heavy (non-hydrogen) atoms. The molecule has 2 nitrogen and oxygen atoms in total. The molecule has 1 N–H and O–H groups in total. The van der Waals surface area contributed by atoms with Gasteiger partial charge in [0, 0.05) is 24.3 Å². The fourth-order valence-corrected chi connectivity index (χ4v) is 2.88. The summed E-state index contributed by atoms with van der Waals surface area (Å²) in [6.07, 6.45) is 2.42. The van der Waals surface area contributed by atoms with Crippen LogP contribution in [0.1, 0.15) is 12.8 Å². The van der Waals surface area contributed by atoms with Gasteiger partial charge in [0.05, 0.1) is 0 Å². The molecule has 0 spiro atoms. The van der Waals surface area contributed by atoms with Gasteiger partial charge in [0.2, 0.25) is 0 Å². The lowest BCUT2D eigenvalue weighted by Crippen LogP contribution is -2.34. The van der Waals surface area contributed by atoms with Gasteiger partial charge in [-0.15, -0.1) is 0 Å². The van der Waals surface area contributed by atoms with Crippen molar-refractivity contribution in [3.8, 4) is 11.1 Å². The molecule has 1 aliphatic rings. The molecule has 2 aromatic carbocycles. The zero-order valence-corrected chi connectivity index (χ0v) is 11.9. The summed E-state index contributed by atoms with van der Waals surface area (Å²) in [5.74, 6) is 0. The van der Waals surface area contributed by atoms with Crippen molar-refractivity contribution in [1.82, 2.24) is 5.32 Å². The van der Waals surface area contributed by atoms with Crippen LogP contribution in [-0.2, 0) is 0 Å². The van der Waals surface area contributed by atoms with Crippen molar-refractivity contribution in [2.45, 2.75) is 12.8 Å². The van der Waals surface area contributed by atoms with Crippen molar-refractivity contribution < 1.29 is 0 Å². The third-order valence-electron chi connectivity index (χ3n) is 3.89. The topological polar surface area (TPSA) is 15.3 Å².